The van der Waals surface area contributed by atoms with Crippen molar-refractivity contribution in [2.45, 2.75) is 11.4 Å². The third-order valence-electron chi connectivity index (χ3n) is 1.95. The number of carbonyl (C=O) groups is 1. The predicted molar refractivity (Wildman–Crippen MR) is 51.8 cm³/mol. The minimum Gasteiger partial charge on any atom is -0.480 e. The number of nitrogens with one attached hydrogen (secondary N) is 1. The van der Waals surface area contributed by atoms with Gasteiger partial charge >= 0.3 is 5.97 Å². The van der Waals surface area contributed by atoms with E-state index in [-0.39, 0.29) is 5.37 Å². The van der Waals surface area contributed by atoms with Crippen LogP contribution in [-0.4, -0.2) is 32.8 Å². The standard InChI is InChI=1S/C8H9N3O2S/c12-8(13)6-3-14-7(11-6)5-1-2-9-4-10-5/h1-2,4,6-7,11H,3H2,(H,12,13)/t6-,7?/m0/s1. The lowest BCUT2D eigenvalue weighted by Gasteiger charge is -2.08. The molecule has 74 valence electrons. The van der Waals surface area contributed by atoms with Gasteiger partial charge in [0.2, 0.25) is 0 Å². The largest absolute Gasteiger partial charge is 0.480 e. The van der Waals surface area contributed by atoms with Crippen LogP contribution in [0.5, 0.6) is 0 Å². The molecular formula is C8H9N3O2S. The van der Waals surface area contributed by atoms with Gasteiger partial charge in [-0.3, -0.25) is 10.1 Å². The summed E-state index contributed by atoms with van der Waals surface area (Å²) in [4.78, 5) is 18.5. The van der Waals surface area contributed by atoms with Crippen LogP contribution < -0.4 is 5.32 Å². The maximum absolute atomic E-state index is 10.7. The van der Waals surface area contributed by atoms with E-state index < -0.39 is 12.0 Å². The third kappa shape index (κ3) is 1.85. The Balaban J connectivity index is 2.06. The summed E-state index contributed by atoms with van der Waals surface area (Å²) < 4.78 is 0. The van der Waals surface area contributed by atoms with E-state index in [0.29, 0.717) is 5.75 Å². The Morgan fingerprint density at radius 1 is 1.71 bits per heavy atom. The van der Waals surface area contributed by atoms with Crippen LogP contribution in [0.15, 0.2) is 18.6 Å². The first kappa shape index (κ1) is 9.42. The van der Waals surface area contributed by atoms with Crippen LogP contribution in [0.25, 0.3) is 0 Å². The molecule has 0 aromatic carbocycles. The highest BCUT2D eigenvalue weighted by atomic mass is 32.2. The molecule has 14 heavy (non-hydrogen) atoms. The van der Waals surface area contributed by atoms with E-state index in [0.717, 1.165) is 5.69 Å². The number of thioether (sulfide) groups is 1. The van der Waals surface area contributed by atoms with E-state index in [1.54, 1.807) is 24.0 Å². The molecule has 2 N–H and O–H groups in total. The van der Waals surface area contributed by atoms with Crippen LogP contribution in [-0.2, 0) is 4.79 Å². The maximum atomic E-state index is 10.7. The molecule has 2 atom stereocenters. The zero-order valence-corrected chi connectivity index (χ0v) is 8.07. The molecule has 5 nitrogen and oxygen atoms in total. The highest BCUT2D eigenvalue weighted by Gasteiger charge is 2.30. The van der Waals surface area contributed by atoms with Gasteiger partial charge in [0.05, 0.1) is 11.1 Å². The second-order valence-electron chi connectivity index (χ2n) is 2.91. The second-order valence-corrected chi connectivity index (χ2v) is 4.04. The normalized spacial score (nSPS) is 26.3. The smallest absolute Gasteiger partial charge is 0.321 e. The van der Waals surface area contributed by atoms with Gasteiger partial charge in [-0.05, 0) is 6.07 Å². The molecule has 0 amide bonds. The van der Waals surface area contributed by atoms with Crippen molar-refractivity contribution >= 4 is 17.7 Å². The summed E-state index contributed by atoms with van der Waals surface area (Å²) >= 11 is 1.55. The quantitative estimate of drug-likeness (QED) is 0.731. The number of aromatic nitrogens is 2. The summed E-state index contributed by atoms with van der Waals surface area (Å²) in [6.07, 6.45) is 3.12. The fourth-order valence-corrected chi connectivity index (χ4v) is 2.44. The molecular weight excluding hydrogens is 202 g/mol. The zero-order valence-electron chi connectivity index (χ0n) is 7.25. The minimum absolute atomic E-state index is 0.0286. The van der Waals surface area contributed by atoms with Crippen LogP contribution in [0.2, 0.25) is 0 Å². The van der Waals surface area contributed by atoms with Gasteiger partial charge < -0.3 is 5.11 Å². The number of rotatable bonds is 2. The van der Waals surface area contributed by atoms with Crippen molar-refractivity contribution in [3.8, 4) is 0 Å². The van der Waals surface area contributed by atoms with Crippen molar-refractivity contribution in [3.05, 3.63) is 24.3 Å². The van der Waals surface area contributed by atoms with Crippen molar-refractivity contribution in [1.29, 1.82) is 0 Å². The average molecular weight is 211 g/mol. The molecule has 1 fully saturated rings. The number of carboxylic acid groups (broad SMARTS) is 1. The van der Waals surface area contributed by atoms with E-state index in [2.05, 4.69) is 15.3 Å². The van der Waals surface area contributed by atoms with Gasteiger partial charge in [0.1, 0.15) is 12.4 Å². The summed E-state index contributed by atoms with van der Waals surface area (Å²) in [5, 5.41) is 11.7. The molecule has 0 saturated carbocycles. The molecule has 0 aliphatic carbocycles. The zero-order chi connectivity index (χ0) is 9.97. The minimum atomic E-state index is -0.811. The predicted octanol–water partition coefficient (Wildman–Crippen LogP) is 0.265. The Bertz CT molecular complexity index is 333. The van der Waals surface area contributed by atoms with E-state index in [1.165, 1.54) is 6.33 Å². The lowest BCUT2D eigenvalue weighted by molar-refractivity contribution is -0.138. The molecule has 1 aromatic heterocycles. The van der Waals surface area contributed by atoms with Gasteiger partial charge in [0.25, 0.3) is 0 Å². The molecule has 0 spiro atoms. The summed E-state index contributed by atoms with van der Waals surface area (Å²) in [5.41, 5.74) is 0.828. The molecule has 2 heterocycles. The number of aliphatic carboxylic acids is 1. The van der Waals surface area contributed by atoms with Gasteiger partial charge in [-0.25, -0.2) is 9.97 Å². The van der Waals surface area contributed by atoms with Gasteiger partial charge in [0, 0.05) is 11.9 Å². The van der Waals surface area contributed by atoms with Crippen LogP contribution in [0.4, 0.5) is 0 Å². The fourth-order valence-electron chi connectivity index (χ4n) is 1.24. The molecule has 1 aliphatic heterocycles. The Morgan fingerprint density at radius 3 is 3.14 bits per heavy atom. The Labute approximate surface area is 85.0 Å². The first-order chi connectivity index (χ1) is 6.77. The van der Waals surface area contributed by atoms with Gasteiger partial charge in [-0.2, -0.15) is 0 Å². The van der Waals surface area contributed by atoms with Crippen molar-refractivity contribution in [2.75, 3.05) is 5.75 Å². The number of carboxylic acids is 1. The first-order valence-electron chi connectivity index (χ1n) is 4.14. The lowest BCUT2D eigenvalue weighted by Crippen LogP contribution is -2.33. The average Bonchev–Trinajstić information content (AvgIpc) is 2.68. The van der Waals surface area contributed by atoms with Crippen molar-refractivity contribution in [2.24, 2.45) is 0 Å². The van der Waals surface area contributed by atoms with Crippen LogP contribution in [0.3, 0.4) is 0 Å². The topological polar surface area (TPSA) is 75.1 Å². The molecule has 1 aliphatic rings. The Kier molecular flexibility index (Phi) is 2.64. The molecule has 1 saturated heterocycles. The van der Waals surface area contributed by atoms with Crippen molar-refractivity contribution in [1.82, 2.24) is 15.3 Å². The second kappa shape index (κ2) is 3.93. The van der Waals surface area contributed by atoms with Gasteiger partial charge in [-0.1, -0.05) is 0 Å². The first-order valence-corrected chi connectivity index (χ1v) is 5.18. The van der Waals surface area contributed by atoms with Crippen LogP contribution in [0.1, 0.15) is 11.1 Å². The Morgan fingerprint density at radius 2 is 2.57 bits per heavy atom. The SMILES string of the molecule is O=C(O)[C@@H]1CSC(c2ccncn2)N1. The molecule has 2 rings (SSSR count). The molecule has 1 unspecified atom stereocenters. The van der Waals surface area contributed by atoms with E-state index in [4.69, 9.17) is 5.11 Å². The van der Waals surface area contributed by atoms with E-state index >= 15 is 0 Å². The summed E-state index contributed by atoms with van der Waals surface area (Å²) in [6.45, 7) is 0. The van der Waals surface area contributed by atoms with Crippen LogP contribution in [0, 0.1) is 0 Å². The van der Waals surface area contributed by atoms with E-state index in [9.17, 15) is 4.79 Å². The highest BCUT2D eigenvalue weighted by molar-refractivity contribution is 7.99. The highest BCUT2D eigenvalue weighted by Crippen LogP contribution is 2.31. The van der Waals surface area contributed by atoms with Crippen LogP contribution >= 0.6 is 11.8 Å². The number of hydrogen-bond acceptors (Lipinski definition) is 5. The molecule has 1 aromatic rings. The Hall–Kier alpha value is -1.14. The third-order valence-corrected chi connectivity index (χ3v) is 3.19. The number of nitrogens with zero attached hydrogens (tertiary/aromatic N) is 2. The lowest BCUT2D eigenvalue weighted by atomic mass is 10.3. The molecule has 0 radical (unpaired) electrons. The molecule has 0 bridgehead atoms. The van der Waals surface area contributed by atoms with Gasteiger partial charge in [0.15, 0.2) is 0 Å². The molecule has 6 heteroatoms. The summed E-state index contributed by atoms with van der Waals surface area (Å²) in [5.74, 6) is -0.238. The fraction of sp³-hybridized carbons (Fsp3) is 0.375. The maximum Gasteiger partial charge on any atom is 0.321 e. The van der Waals surface area contributed by atoms with Gasteiger partial charge in [-0.15, -0.1) is 11.8 Å². The van der Waals surface area contributed by atoms with Crippen molar-refractivity contribution in [3.63, 3.8) is 0 Å². The van der Waals surface area contributed by atoms with E-state index in [1.807, 2.05) is 0 Å². The summed E-state index contributed by atoms with van der Waals surface area (Å²) in [6, 6.07) is 1.31. The number of hydrogen-bond donors (Lipinski definition) is 2. The van der Waals surface area contributed by atoms with Crippen molar-refractivity contribution < 1.29 is 9.90 Å². The summed E-state index contributed by atoms with van der Waals surface area (Å²) in [7, 11) is 0. The monoisotopic (exact) mass is 211 g/mol.